The standard InChI is InChI=1S/C14H13N3/c1-10-7-13(16-9-15-10)12-8-17(2)14-6-4-3-5-11(12)14/h3-9H,1-2H3. The molecule has 17 heavy (non-hydrogen) atoms. The molecule has 3 rings (SSSR count). The molecule has 1 aromatic carbocycles. The summed E-state index contributed by atoms with van der Waals surface area (Å²) >= 11 is 0. The first-order valence-electron chi connectivity index (χ1n) is 5.59. The average molecular weight is 223 g/mol. The summed E-state index contributed by atoms with van der Waals surface area (Å²) in [6.07, 6.45) is 3.74. The van der Waals surface area contributed by atoms with Gasteiger partial charge in [0.05, 0.1) is 5.69 Å². The molecule has 2 heterocycles. The molecular weight excluding hydrogens is 210 g/mol. The highest BCUT2D eigenvalue weighted by atomic mass is 14.9. The van der Waals surface area contributed by atoms with Crippen molar-refractivity contribution in [3.63, 3.8) is 0 Å². The van der Waals surface area contributed by atoms with Gasteiger partial charge in [-0.2, -0.15) is 0 Å². The lowest BCUT2D eigenvalue weighted by Gasteiger charge is -1.98. The molecule has 3 aromatic rings. The normalized spacial score (nSPS) is 10.9. The summed E-state index contributed by atoms with van der Waals surface area (Å²) in [7, 11) is 2.06. The lowest BCUT2D eigenvalue weighted by Crippen LogP contribution is -1.87. The number of fused-ring (bicyclic) bond motifs is 1. The van der Waals surface area contributed by atoms with Crippen LogP contribution >= 0.6 is 0 Å². The lowest BCUT2D eigenvalue weighted by molar-refractivity contribution is 0.969. The van der Waals surface area contributed by atoms with Gasteiger partial charge in [0, 0.05) is 35.4 Å². The second-order valence-corrected chi connectivity index (χ2v) is 4.22. The number of rotatable bonds is 1. The van der Waals surface area contributed by atoms with Crippen molar-refractivity contribution >= 4 is 10.9 Å². The molecule has 0 amide bonds. The Hall–Kier alpha value is -2.16. The zero-order valence-electron chi connectivity index (χ0n) is 9.88. The second kappa shape index (κ2) is 3.70. The van der Waals surface area contributed by atoms with Crippen molar-refractivity contribution < 1.29 is 0 Å². The molecule has 0 aliphatic carbocycles. The molecule has 0 aliphatic heterocycles. The van der Waals surface area contributed by atoms with E-state index in [1.54, 1.807) is 6.33 Å². The van der Waals surface area contributed by atoms with Gasteiger partial charge in [0.2, 0.25) is 0 Å². The largest absolute Gasteiger partial charge is 0.350 e. The van der Waals surface area contributed by atoms with Crippen molar-refractivity contribution in [3.8, 4) is 11.3 Å². The molecule has 2 aromatic heterocycles. The topological polar surface area (TPSA) is 30.7 Å². The SMILES string of the molecule is Cc1cc(-c2cn(C)c3ccccc23)ncn1. The van der Waals surface area contributed by atoms with Gasteiger partial charge in [-0.05, 0) is 19.1 Å². The second-order valence-electron chi connectivity index (χ2n) is 4.22. The molecule has 84 valence electrons. The van der Waals surface area contributed by atoms with Gasteiger partial charge in [0.25, 0.3) is 0 Å². The number of benzene rings is 1. The van der Waals surface area contributed by atoms with Gasteiger partial charge in [-0.3, -0.25) is 0 Å². The van der Waals surface area contributed by atoms with Crippen LogP contribution in [-0.2, 0) is 7.05 Å². The Labute approximate surface area is 99.8 Å². The van der Waals surface area contributed by atoms with E-state index in [0.717, 1.165) is 17.0 Å². The fourth-order valence-electron chi connectivity index (χ4n) is 2.15. The highest BCUT2D eigenvalue weighted by Gasteiger charge is 2.08. The summed E-state index contributed by atoms with van der Waals surface area (Å²) in [5.74, 6) is 0. The van der Waals surface area contributed by atoms with E-state index in [2.05, 4.69) is 52.0 Å². The lowest BCUT2D eigenvalue weighted by atomic mass is 10.1. The van der Waals surface area contributed by atoms with Crippen molar-refractivity contribution in [1.82, 2.24) is 14.5 Å². The highest BCUT2D eigenvalue weighted by Crippen LogP contribution is 2.28. The number of aromatic nitrogens is 3. The fraction of sp³-hybridized carbons (Fsp3) is 0.143. The van der Waals surface area contributed by atoms with Crippen molar-refractivity contribution in [1.29, 1.82) is 0 Å². The summed E-state index contributed by atoms with van der Waals surface area (Å²) in [5.41, 5.74) is 4.35. The molecule has 0 saturated heterocycles. The van der Waals surface area contributed by atoms with Crippen LogP contribution in [0.25, 0.3) is 22.2 Å². The molecule has 0 N–H and O–H groups in total. The van der Waals surface area contributed by atoms with Crippen LogP contribution in [0.15, 0.2) is 42.9 Å². The van der Waals surface area contributed by atoms with E-state index in [-0.39, 0.29) is 0 Å². The molecule has 0 aliphatic rings. The third kappa shape index (κ3) is 1.60. The van der Waals surface area contributed by atoms with Crippen molar-refractivity contribution in [2.45, 2.75) is 6.92 Å². The molecule has 3 heteroatoms. The highest BCUT2D eigenvalue weighted by molar-refractivity contribution is 5.95. The third-order valence-electron chi connectivity index (χ3n) is 2.98. The Morgan fingerprint density at radius 3 is 2.76 bits per heavy atom. The van der Waals surface area contributed by atoms with Crippen LogP contribution in [0.4, 0.5) is 0 Å². The summed E-state index contributed by atoms with van der Waals surface area (Å²) in [5, 5.41) is 1.23. The van der Waals surface area contributed by atoms with E-state index in [1.807, 2.05) is 13.0 Å². The fourth-order valence-corrected chi connectivity index (χ4v) is 2.15. The van der Waals surface area contributed by atoms with Gasteiger partial charge in [0.1, 0.15) is 6.33 Å². The van der Waals surface area contributed by atoms with E-state index in [9.17, 15) is 0 Å². The van der Waals surface area contributed by atoms with E-state index in [0.29, 0.717) is 0 Å². The number of aryl methyl sites for hydroxylation is 2. The molecular formula is C14H13N3. The predicted octanol–water partition coefficient (Wildman–Crippen LogP) is 2.94. The quantitative estimate of drug-likeness (QED) is 0.635. The summed E-state index contributed by atoms with van der Waals surface area (Å²) in [4.78, 5) is 8.48. The minimum absolute atomic E-state index is 0.981. The third-order valence-corrected chi connectivity index (χ3v) is 2.98. The van der Waals surface area contributed by atoms with E-state index in [1.165, 1.54) is 10.9 Å². The van der Waals surface area contributed by atoms with Crippen LogP contribution in [0.1, 0.15) is 5.69 Å². The Morgan fingerprint density at radius 2 is 1.94 bits per heavy atom. The predicted molar refractivity (Wildman–Crippen MR) is 68.7 cm³/mol. The van der Waals surface area contributed by atoms with Gasteiger partial charge < -0.3 is 4.57 Å². The van der Waals surface area contributed by atoms with Crippen LogP contribution in [-0.4, -0.2) is 14.5 Å². The summed E-state index contributed by atoms with van der Waals surface area (Å²) in [6.45, 7) is 1.98. The molecule has 0 unspecified atom stereocenters. The minimum atomic E-state index is 0.981. The molecule has 0 bridgehead atoms. The molecule has 0 radical (unpaired) electrons. The maximum Gasteiger partial charge on any atom is 0.116 e. The Morgan fingerprint density at radius 1 is 1.12 bits per heavy atom. The number of hydrogen-bond acceptors (Lipinski definition) is 2. The van der Waals surface area contributed by atoms with E-state index in [4.69, 9.17) is 0 Å². The zero-order valence-corrected chi connectivity index (χ0v) is 9.88. The molecule has 3 nitrogen and oxygen atoms in total. The monoisotopic (exact) mass is 223 g/mol. The first-order chi connectivity index (χ1) is 8.25. The first-order valence-corrected chi connectivity index (χ1v) is 5.59. The van der Waals surface area contributed by atoms with Gasteiger partial charge in [-0.1, -0.05) is 18.2 Å². The van der Waals surface area contributed by atoms with Crippen LogP contribution in [0.2, 0.25) is 0 Å². The van der Waals surface area contributed by atoms with Gasteiger partial charge in [-0.25, -0.2) is 9.97 Å². The van der Waals surface area contributed by atoms with Crippen LogP contribution in [0.3, 0.4) is 0 Å². The average Bonchev–Trinajstić information content (AvgIpc) is 2.68. The van der Waals surface area contributed by atoms with Crippen LogP contribution in [0.5, 0.6) is 0 Å². The Kier molecular flexibility index (Phi) is 2.18. The Balaban J connectivity index is 2.31. The molecule has 0 fully saturated rings. The van der Waals surface area contributed by atoms with Gasteiger partial charge in [0.15, 0.2) is 0 Å². The van der Waals surface area contributed by atoms with Crippen molar-refractivity contribution in [2.24, 2.45) is 7.05 Å². The maximum atomic E-state index is 4.35. The summed E-state index contributed by atoms with van der Waals surface area (Å²) in [6, 6.07) is 10.4. The number of hydrogen-bond donors (Lipinski definition) is 0. The number of nitrogens with zero attached hydrogens (tertiary/aromatic N) is 3. The van der Waals surface area contributed by atoms with Gasteiger partial charge in [-0.15, -0.1) is 0 Å². The van der Waals surface area contributed by atoms with Crippen molar-refractivity contribution in [3.05, 3.63) is 48.5 Å². The van der Waals surface area contributed by atoms with E-state index >= 15 is 0 Å². The summed E-state index contributed by atoms with van der Waals surface area (Å²) < 4.78 is 2.13. The van der Waals surface area contributed by atoms with Crippen LogP contribution < -0.4 is 0 Å². The van der Waals surface area contributed by atoms with E-state index < -0.39 is 0 Å². The number of para-hydroxylation sites is 1. The Bertz CT molecular complexity index is 683. The maximum absolute atomic E-state index is 4.35. The first kappa shape index (κ1) is 10.0. The van der Waals surface area contributed by atoms with Crippen molar-refractivity contribution in [2.75, 3.05) is 0 Å². The molecule has 0 saturated carbocycles. The molecule has 0 spiro atoms. The van der Waals surface area contributed by atoms with Crippen LogP contribution in [0, 0.1) is 6.92 Å². The zero-order chi connectivity index (χ0) is 11.8. The smallest absolute Gasteiger partial charge is 0.116 e. The minimum Gasteiger partial charge on any atom is -0.350 e. The van der Waals surface area contributed by atoms with Gasteiger partial charge >= 0.3 is 0 Å². The molecule has 0 atom stereocenters.